The number of fused-ring (bicyclic) bond motifs is 1. The zero-order valence-electron chi connectivity index (χ0n) is 11.7. The van der Waals surface area contributed by atoms with E-state index in [-0.39, 0.29) is 5.82 Å². The van der Waals surface area contributed by atoms with Crippen molar-refractivity contribution in [1.82, 2.24) is 9.99 Å². The number of hydrogen-bond donors (Lipinski definition) is 3. The van der Waals surface area contributed by atoms with E-state index in [2.05, 4.69) is 4.98 Å². The molecule has 1 unspecified atom stereocenters. The number of carbonyl (C=O) groups excluding carboxylic acids is 2. The number of nitrogen functional groups attached to an aromatic ring is 1. The lowest BCUT2D eigenvalue weighted by molar-refractivity contribution is -0.141. The number of carbonyl (C=O) groups is 3. The Labute approximate surface area is 129 Å². The van der Waals surface area contributed by atoms with Gasteiger partial charge in [-0.25, -0.2) is 9.78 Å². The largest absolute Gasteiger partial charge is 0.463 e. The van der Waals surface area contributed by atoms with Crippen molar-refractivity contribution in [3.05, 3.63) is 30.3 Å². The van der Waals surface area contributed by atoms with Gasteiger partial charge in [0.05, 0.1) is 11.9 Å². The number of nitrogens with two attached hydrogens (primary N) is 1. The minimum Gasteiger partial charge on any atom is -0.463 e. The second-order valence-electron chi connectivity index (χ2n) is 4.98. The number of aliphatic hydroxyl groups is 1. The Morgan fingerprint density at radius 3 is 2.65 bits per heavy atom. The number of aromatic nitrogens is 1. The highest BCUT2D eigenvalue weighted by molar-refractivity contribution is 6.09. The molecule has 23 heavy (non-hydrogen) atoms. The van der Waals surface area contributed by atoms with Crippen molar-refractivity contribution in [2.75, 3.05) is 10.7 Å². The summed E-state index contributed by atoms with van der Waals surface area (Å²) in [4.78, 5) is 39.3. The zero-order chi connectivity index (χ0) is 16.7. The van der Waals surface area contributed by atoms with E-state index < -0.39 is 30.4 Å². The van der Waals surface area contributed by atoms with Crippen molar-refractivity contribution in [3.8, 4) is 0 Å². The van der Waals surface area contributed by atoms with Gasteiger partial charge in [0.1, 0.15) is 6.10 Å². The van der Waals surface area contributed by atoms with Crippen LogP contribution in [-0.2, 0) is 9.59 Å². The molecular formula is C14H12N4O5. The summed E-state index contributed by atoms with van der Waals surface area (Å²) < 4.78 is 0. The highest BCUT2D eigenvalue weighted by atomic mass is 16.4. The first kappa shape index (κ1) is 14.7. The van der Waals surface area contributed by atoms with Gasteiger partial charge in [0, 0.05) is 11.1 Å². The average Bonchev–Trinajstić information content (AvgIpc) is 2.74. The van der Waals surface area contributed by atoms with Gasteiger partial charge >= 0.3 is 6.09 Å². The summed E-state index contributed by atoms with van der Waals surface area (Å²) in [7, 11) is 0. The average molecular weight is 316 g/mol. The highest BCUT2D eigenvalue weighted by Crippen LogP contribution is 2.24. The number of imide groups is 1. The fourth-order valence-corrected chi connectivity index (χ4v) is 2.35. The maximum absolute atomic E-state index is 11.8. The predicted molar refractivity (Wildman–Crippen MR) is 79.1 cm³/mol. The normalized spacial score (nSPS) is 17.8. The molecule has 9 heteroatoms. The van der Waals surface area contributed by atoms with Crippen LogP contribution in [0.2, 0.25) is 0 Å². The quantitative estimate of drug-likeness (QED) is 0.536. The fraction of sp³-hybridized carbons (Fsp3) is 0.143. The molecule has 3 amide bonds. The van der Waals surface area contributed by atoms with Gasteiger partial charge in [-0.15, -0.1) is 0 Å². The Bertz CT molecular complexity index is 837. The number of anilines is 2. The lowest BCUT2D eigenvalue weighted by Gasteiger charge is -2.26. The Morgan fingerprint density at radius 2 is 2.04 bits per heavy atom. The molecule has 1 saturated heterocycles. The maximum Gasteiger partial charge on any atom is 0.433 e. The van der Waals surface area contributed by atoms with Gasteiger partial charge in [0.25, 0.3) is 11.8 Å². The lowest BCUT2D eigenvalue weighted by atomic mass is 10.2. The van der Waals surface area contributed by atoms with Crippen LogP contribution in [0.4, 0.5) is 16.3 Å². The molecule has 1 fully saturated rings. The minimum atomic E-state index is -1.57. The maximum atomic E-state index is 11.8. The Hall–Kier alpha value is -3.20. The van der Waals surface area contributed by atoms with Crippen LogP contribution < -0.4 is 10.7 Å². The van der Waals surface area contributed by atoms with Crippen LogP contribution in [0.1, 0.15) is 6.42 Å². The number of rotatable bonds is 2. The molecule has 118 valence electrons. The molecule has 2 aromatic rings. The van der Waals surface area contributed by atoms with Crippen LogP contribution in [0.3, 0.4) is 0 Å². The predicted octanol–water partition coefficient (Wildman–Crippen LogP) is 0.336. The van der Waals surface area contributed by atoms with Crippen LogP contribution in [0.25, 0.3) is 10.9 Å². The smallest absolute Gasteiger partial charge is 0.433 e. The van der Waals surface area contributed by atoms with Gasteiger partial charge in [-0.3, -0.25) is 9.59 Å². The number of benzene rings is 1. The van der Waals surface area contributed by atoms with Crippen molar-refractivity contribution in [2.24, 2.45) is 0 Å². The van der Waals surface area contributed by atoms with Crippen LogP contribution in [-0.4, -0.2) is 44.2 Å². The summed E-state index contributed by atoms with van der Waals surface area (Å²) in [5, 5.41) is 20.3. The molecule has 0 spiro atoms. The lowest BCUT2D eigenvalue weighted by Crippen LogP contribution is -2.50. The van der Waals surface area contributed by atoms with E-state index in [1.165, 1.54) is 6.07 Å². The van der Waals surface area contributed by atoms with Gasteiger partial charge < -0.3 is 15.9 Å². The first-order chi connectivity index (χ1) is 10.9. The van der Waals surface area contributed by atoms with Crippen LogP contribution in [0.5, 0.6) is 0 Å². The Morgan fingerprint density at radius 1 is 1.30 bits per heavy atom. The summed E-state index contributed by atoms with van der Waals surface area (Å²) in [5.74, 6) is -1.95. The van der Waals surface area contributed by atoms with Crippen molar-refractivity contribution < 1.29 is 24.6 Å². The molecule has 1 aliphatic heterocycles. The summed E-state index contributed by atoms with van der Waals surface area (Å²) in [5.41, 5.74) is 6.63. The standard InChI is InChI=1S/C14H12N4O5/c15-8-2-3-9-7(5-8)1-4-11(16-9)17(14(22)23)18-12(20)6-10(19)13(18)21/h1-5,10,19H,6,15H2,(H,22,23). The van der Waals surface area contributed by atoms with E-state index in [4.69, 9.17) is 5.73 Å². The Kier molecular flexibility index (Phi) is 3.34. The molecule has 1 aliphatic rings. The molecular weight excluding hydrogens is 304 g/mol. The molecule has 0 saturated carbocycles. The third kappa shape index (κ3) is 2.42. The third-order valence-corrected chi connectivity index (χ3v) is 3.39. The number of aliphatic hydroxyl groups excluding tert-OH is 1. The number of pyridine rings is 1. The van der Waals surface area contributed by atoms with Crippen LogP contribution >= 0.6 is 0 Å². The second-order valence-corrected chi connectivity index (χ2v) is 4.98. The summed E-state index contributed by atoms with van der Waals surface area (Å²) >= 11 is 0. The van der Waals surface area contributed by atoms with Gasteiger partial charge in [0.2, 0.25) is 0 Å². The SMILES string of the molecule is Nc1ccc2nc(N(C(=O)O)N3C(=O)CC(O)C3=O)ccc2c1. The van der Waals surface area contributed by atoms with Gasteiger partial charge in [0.15, 0.2) is 5.82 Å². The molecule has 2 heterocycles. The molecule has 0 aliphatic carbocycles. The van der Waals surface area contributed by atoms with E-state index in [1.807, 2.05) is 0 Å². The summed E-state index contributed by atoms with van der Waals surface area (Å²) in [6.45, 7) is 0. The van der Waals surface area contributed by atoms with Crippen molar-refractivity contribution in [2.45, 2.75) is 12.5 Å². The summed E-state index contributed by atoms with van der Waals surface area (Å²) in [6, 6.07) is 7.77. The topological polar surface area (TPSA) is 137 Å². The van der Waals surface area contributed by atoms with Gasteiger partial charge in [-0.1, -0.05) is 0 Å². The second kappa shape index (κ2) is 5.21. The number of carboxylic acid groups (broad SMARTS) is 1. The summed E-state index contributed by atoms with van der Waals surface area (Å²) in [6.07, 6.45) is -3.58. The van der Waals surface area contributed by atoms with Crippen LogP contribution in [0.15, 0.2) is 30.3 Å². The fourth-order valence-electron chi connectivity index (χ4n) is 2.35. The number of hydrazine groups is 1. The first-order valence-corrected chi connectivity index (χ1v) is 6.62. The van der Waals surface area contributed by atoms with Crippen molar-refractivity contribution in [3.63, 3.8) is 0 Å². The Balaban J connectivity index is 2.08. The highest BCUT2D eigenvalue weighted by Gasteiger charge is 2.44. The van der Waals surface area contributed by atoms with Gasteiger partial charge in [-0.05, 0) is 30.3 Å². The molecule has 4 N–H and O–H groups in total. The van der Waals surface area contributed by atoms with E-state index in [9.17, 15) is 24.6 Å². The van der Waals surface area contributed by atoms with E-state index in [0.717, 1.165) is 0 Å². The van der Waals surface area contributed by atoms with Crippen molar-refractivity contribution >= 4 is 40.3 Å². The van der Waals surface area contributed by atoms with Gasteiger partial charge in [-0.2, -0.15) is 10.0 Å². The first-order valence-electron chi connectivity index (χ1n) is 6.62. The number of amides is 3. The third-order valence-electron chi connectivity index (χ3n) is 3.39. The van der Waals surface area contributed by atoms with Crippen molar-refractivity contribution in [1.29, 1.82) is 0 Å². The molecule has 1 atom stereocenters. The number of hydrogen-bond acceptors (Lipinski definition) is 6. The molecule has 1 aromatic carbocycles. The van der Waals surface area contributed by atoms with E-state index in [1.54, 1.807) is 24.3 Å². The van der Waals surface area contributed by atoms with E-state index >= 15 is 0 Å². The molecule has 0 bridgehead atoms. The minimum absolute atomic E-state index is 0.134. The van der Waals surface area contributed by atoms with E-state index in [0.29, 0.717) is 26.6 Å². The molecule has 1 aromatic heterocycles. The molecule has 0 radical (unpaired) electrons. The zero-order valence-corrected chi connectivity index (χ0v) is 11.7. The monoisotopic (exact) mass is 316 g/mol. The molecule has 3 rings (SSSR count). The number of nitrogens with zero attached hydrogens (tertiary/aromatic N) is 3. The molecule has 9 nitrogen and oxygen atoms in total. The van der Waals surface area contributed by atoms with Crippen LogP contribution in [0, 0.1) is 0 Å².